The van der Waals surface area contributed by atoms with Crippen LogP contribution in [0.5, 0.6) is 5.75 Å². The third kappa shape index (κ3) is 4.42. The molecule has 0 unspecified atom stereocenters. The van der Waals surface area contributed by atoms with Gasteiger partial charge in [0.15, 0.2) is 0 Å². The number of pyridine rings is 1. The van der Waals surface area contributed by atoms with Gasteiger partial charge in [-0.05, 0) is 24.3 Å². The van der Waals surface area contributed by atoms with Crippen molar-refractivity contribution in [3.05, 3.63) is 59.4 Å². The van der Waals surface area contributed by atoms with Crippen LogP contribution in [0.15, 0.2) is 54.7 Å². The molecular weight excluding hydrogens is 194 g/mol. The van der Waals surface area contributed by atoms with E-state index in [0.717, 1.165) is 4.64 Å². The zero-order chi connectivity index (χ0) is 10.2. The normalized spacial score (nSPS) is 8.57. The van der Waals surface area contributed by atoms with Crippen LogP contribution in [0.4, 0.5) is 0 Å². The number of hydrogen-bond acceptors (Lipinski definition) is 2. The van der Waals surface area contributed by atoms with E-state index in [1.165, 1.54) is 0 Å². The molecule has 72 valence electrons. The molecule has 0 saturated carbocycles. The number of benzene rings is 1. The van der Waals surface area contributed by atoms with Gasteiger partial charge < -0.3 is 10.1 Å². The Morgan fingerprint density at radius 3 is 1.86 bits per heavy atom. The molecule has 1 aromatic carbocycles. The number of para-hydroxylation sites is 1. The smallest absolute Gasteiger partial charge is 0.115 e. The number of nitrogens with one attached hydrogen (secondary N) is 1. The standard InChI is InChI=1S/C6H6O.C5H5NS/c7-6-4-2-1-3-5-6;7-5-3-1-2-4-6-5/h1-5,7H;1-4H,(H,6,7). The Labute approximate surface area is 87.9 Å². The van der Waals surface area contributed by atoms with Gasteiger partial charge in [-0.2, -0.15) is 0 Å². The van der Waals surface area contributed by atoms with Crippen LogP contribution in [-0.4, -0.2) is 10.1 Å². The van der Waals surface area contributed by atoms with Crippen molar-refractivity contribution < 1.29 is 5.11 Å². The first kappa shape index (κ1) is 10.5. The van der Waals surface area contributed by atoms with Crippen molar-refractivity contribution in [3.8, 4) is 5.75 Å². The number of H-pyrrole nitrogens is 1. The van der Waals surface area contributed by atoms with E-state index in [0.29, 0.717) is 5.75 Å². The minimum atomic E-state index is 0.322. The second kappa shape index (κ2) is 5.94. The summed E-state index contributed by atoms with van der Waals surface area (Å²) in [6.45, 7) is 0. The van der Waals surface area contributed by atoms with Crippen LogP contribution in [0.3, 0.4) is 0 Å². The predicted octanol–water partition coefficient (Wildman–Crippen LogP) is 3.14. The van der Waals surface area contributed by atoms with Crippen LogP contribution in [0.1, 0.15) is 0 Å². The number of hydrogen-bond donors (Lipinski definition) is 2. The predicted molar refractivity (Wildman–Crippen MR) is 59.7 cm³/mol. The highest BCUT2D eigenvalue weighted by atomic mass is 32.1. The molecule has 1 aromatic heterocycles. The highest BCUT2D eigenvalue weighted by Crippen LogP contribution is 2.02. The molecule has 0 aliphatic heterocycles. The summed E-state index contributed by atoms with van der Waals surface area (Å²) < 4.78 is 0.780. The second-order valence-corrected chi connectivity index (χ2v) is 3.00. The number of rotatable bonds is 0. The number of aromatic nitrogens is 1. The van der Waals surface area contributed by atoms with Crippen molar-refractivity contribution in [3.63, 3.8) is 0 Å². The lowest BCUT2D eigenvalue weighted by Crippen LogP contribution is -1.64. The average Bonchev–Trinajstić information content (AvgIpc) is 2.21. The SMILES string of the molecule is Oc1ccccc1.S=c1cccc[nH]1. The molecule has 0 bridgehead atoms. The highest BCUT2D eigenvalue weighted by molar-refractivity contribution is 7.71. The fourth-order valence-corrected chi connectivity index (χ4v) is 0.951. The Balaban J connectivity index is 0.000000140. The van der Waals surface area contributed by atoms with E-state index in [1.807, 2.05) is 30.5 Å². The third-order valence-corrected chi connectivity index (χ3v) is 1.69. The first-order valence-corrected chi connectivity index (χ1v) is 4.57. The molecule has 3 heteroatoms. The first-order valence-electron chi connectivity index (χ1n) is 4.17. The molecule has 0 radical (unpaired) electrons. The van der Waals surface area contributed by atoms with Gasteiger partial charge in [0, 0.05) is 6.20 Å². The molecule has 0 fully saturated rings. The number of phenols is 1. The summed E-state index contributed by atoms with van der Waals surface area (Å²) in [6.07, 6.45) is 1.81. The van der Waals surface area contributed by atoms with Crippen LogP contribution in [0.25, 0.3) is 0 Å². The first-order chi connectivity index (χ1) is 6.79. The summed E-state index contributed by atoms with van der Waals surface area (Å²) in [5.41, 5.74) is 0. The maximum absolute atomic E-state index is 8.63. The van der Waals surface area contributed by atoms with E-state index in [-0.39, 0.29) is 0 Å². The highest BCUT2D eigenvalue weighted by Gasteiger charge is 1.74. The Morgan fingerprint density at radius 1 is 0.929 bits per heavy atom. The van der Waals surface area contributed by atoms with E-state index in [1.54, 1.807) is 24.3 Å². The van der Waals surface area contributed by atoms with Crippen molar-refractivity contribution in [2.45, 2.75) is 0 Å². The molecule has 0 atom stereocenters. The van der Waals surface area contributed by atoms with E-state index >= 15 is 0 Å². The van der Waals surface area contributed by atoms with Gasteiger partial charge in [0.25, 0.3) is 0 Å². The summed E-state index contributed by atoms with van der Waals surface area (Å²) in [5.74, 6) is 0.322. The van der Waals surface area contributed by atoms with Crippen molar-refractivity contribution in [2.75, 3.05) is 0 Å². The summed E-state index contributed by atoms with van der Waals surface area (Å²) in [5, 5.41) is 8.63. The van der Waals surface area contributed by atoms with Crippen LogP contribution in [0.2, 0.25) is 0 Å². The molecule has 2 aromatic rings. The monoisotopic (exact) mass is 205 g/mol. The van der Waals surface area contributed by atoms with Gasteiger partial charge in [0.2, 0.25) is 0 Å². The quantitative estimate of drug-likeness (QED) is 0.648. The van der Waals surface area contributed by atoms with Crippen molar-refractivity contribution in [2.24, 2.45) is 0 Å². The number of aromatic hydroxyl groups is 1. The topological polar surface area (TPSA) is 36.0 Å². The average molecular weight is 205 g/mol. The summed E-state index contributed by atoms with van der Waals surface area (Å²) in [7, 11) is 0. The van der Waals surface area contributed by atoms with Crippen LogP contribution < -0.4 is 0 Å². The van der Waals surface area contributed by atoms with Gasteiger partial charge in [0.1, 0.15) is 10.4 Å². The van der Waals surface area contributed by atoms with Gasteiger partial charge >= 0.3 is 0 Å². The van der Waals surface area contributed by atoms with Gasteiger partial charge in [0.05, 0.1) is 0 Å². The second-order valence-electron chi connectivity index (χ2n) is 2.56. The zero-order valence-electron chi connectivity index (χ0n) is 7.55. The molecular formula is C11H11NOS. The molecule has 0 aliphatic carbocycles. The third-order valence-electron chi connectivity index (χ3n) is 1.44. The molecule has 2 N–H and O–H groups in total. The van der Waals surface area contributed by atoms with Gasteiger partial charge in [-0.15, -0.1) is 0 Å². The largest absolute Gasteiger partial charge is 0.508 e. The summed E-state index contributed by atoms with van der Waals surface area (Å²) in [6, 6.07) is 14.4. The molecule has 0 saturated heterocycles. The van der Waals surface area contributed by atoms with Crippen molar-refractivity contribution >= 4 is 12.2 Å². The van der Waals surface area contributed by atoms with Gasteiger partial charge in [-0.25, -0.2) is 0 Å². The lowest BCUT2D eigenvalue weighted by molar-refractivity contribution is 0.475. The maximum Gasteiger partial charge on any atom is 0.115 e. The molecule has 0 spiro atoms. The molecule has 0 amide bonds. The number of aromatic amines is 1. The van der Waals surface area contributed by atoms with E-state index in [9.17, 15) is 0 Å². The Kier molecular flexibility index (Phi) is 4.44. The van der Waals surface area contributed by atoms with E-state index in [2.05, 4.69) is 4.98 Å². The molecule has 1 heterocycles. The van der Waals surface area contributed by atoms with Crippen molar-refractivity contribution in [1.82, 2.24) is 4.98 Å². The molecule has 2 nitrogen and oxygen atoms in total. The minimum Gasteiger partial charge on any atom is -0.508 e. The fourth-order valence-electron chi connectivity index (χ4n) is 0.805. The van der Waals surface area contributed by atoms with Crippen molar-refractivity contribution in [1.29, 1.82) is 0 Å². The zero-order valence-corrected chi connectivity index (χ0v) is 8.37. The Hall–Kier alpha value is -1.61. The minimum absolute atomic E-state index is 0.322. The Morgan fingerprint density at radius 2 is 1.57 bits per heavy atom. The lowest BCUT2D eigenvalue weighted by atomic mass is 10.3. The van der Waals surface area contributed by atoms with Crippen LogP contribution in [-0.2, 0) is 0 Å². The number of phenolic OH excluding ortho intramolecular Hbond substituents is 1. The summed E-state index contributed by atoms with van der Waals surface area (Å²) in [4.78, 5) is 2.85. The Bertz CT molecular complexity index is 393. The molecule has 14 heavy (non-hydrogen) atoms. The van der Waals surface area contributed by atoms with E-state index < -0.39 is 0 Å². The van der Waals surface area contributed by atoms with Gasteiger partial charge in [-0.1, -0.05) is 36.5 Å². The lowest BCUT2D eigenvalue weighted by Gasteiger charge is -1.82. The molecule has 2 rings (SSSR count). The van der Waals surface area contributed by atoms with Gasteiger partial charge in [-0.3, -0.25) is 0 Å². The van der Waals surface area contributed by atoms with Crippen LogP contribution in [0, 0.1) is 4.64 Å². The maximum atomic E-state index is 8.63. The van der Waals surface area contributed by atoms with Crippen LogP contribution >= 0.6 is 12.2 Å². The molecule has 0 aliphatic rings. The fraction of sp³-hybridized carbons (Fsp3) is 0. The van der Waals surface area contributed by atoms with E-state index in [4.69, 9.17) is 17.3 Å². The summed E-state index contributed by atoms with van der Waals surface area (Å²) >= 11 is 4.76.